The number of hydrogen-bond donors (Lipinski definition) is 1. The molecule has 3 aromatic rings. The second-order valence-corrected chi connectivity index (χ2v) is 7.08. The second kappa shape index (κ2) is 7.12. The summed E-state index contributed by atoms with van der Waals surface area (Å²) in [5.74, 6) is -0.974. The Morgan fingerprint density at radius 3 is 2.54 bits per heavy atom. The summed E-state index contributed by atoms with van der Waals surface area (Å²) in [5, 5.41) is 4.07. The van der Waals surface area contributed by atoms with E-state index < -0.39 is 15.8 Å². The van der Waals surface area contributed by atoms with Crippen LogP contribution in [0, 0.1) is 11.6 Å². The minimum Gasteiger partial charge on any atom is -0.494 e. The van der Waals surface area contributed by atoms with Gasteiger partial charge in [0.2, 0.25) is 0 Å². The molecule has 0 spiro atoms. The van der Waals surface area contributed by atoms with Crippen LogP contribution in [0.25, 0.3) is 0 Å². The van der Waals surface area contributed by atoms with Crippen LogP contribution in [0.4, 0.5) is 14.6 Å². The van der Waals surface area contributed by atoms with E-state index in [0.29, 0.717) is 0 Å². The number of anilines is 1. The van der Waals surface area contributed by atoms with E-state index in [1.54, 1.807) is 12.1 Å². The second-order valence-electron chi connectivity index (χ2n) is 5.40. The van der Waals surface area contributed by atoms with E-state index in [-0.39, 0.29) is 28.8 Å². The maximum Gasteiger partial charge on any atom is 0.263 e. The van der Waals surface area contributed by atoms with Gasteiger partial charge < -0.3 is 4.74 Å². The number of benzene rings is 2. The van der Waals surface area contributed by atoms with Gasteiger partial charge in [-0.1, -0.05) is 12.1 Å². The third-order valence-electron chi connectivity index (χ3n) is 3.63. The maximum atomic E-state index is 13.5. The predicted molar refractivity (Wildman–Crippen MR) is 91.5 cm³/mol. The zero-order valence-corrected chi connectivity index (χ0v) is 14.5. The summed E-state index contributed by atoms with van der Waals surface area (Å²) in [6.07, 6.45) is 1.44. The Morgan fingerprint density at radius 1 is 1.12 bits per heavy atom. The van der Waals surface area contributed by atoms with E-state index in [1.807, 2.05) is 0 Å². The third kappa shape index (κ3) is 3.83. The number of ether oxygens (including phenoxy) is 1. The van der Waals surface area contributed by atoms with Crippen molar-refractivity contribution in [1.29, 1.82) is 0 Å². The molecule has 9 heteroatoms. The van der Waals surface area contributed by atoms with Crippen molar-refractivity contribution < 1.29 is 21.9 Å². The van der Waals surface area contributed by atoms with Crippen LogP contribution in [0.1, 0.15) is 5.56 Å². The molecule has 0 amide bonds. The number of rotatable bonds is 6. The first-order valence-corrected chi connectivity index (χ1v) is 9.00. The van der Waals surface area contributed by atoms with Gasteiger partial charge in [0.05, 0.1) is 24.7 Å². The number of nitrogens with one attached hydrogen (secondary N) is 1. The Hall–Kier alpha value is -2.94. The number of halogens is 2. The van der Waals surface area contributed by atoms with Crippen LogP contribution in [0.3, 0.4) is 0 Å². The average Bonchev–Trinajstić information content (AvgIpc) is 3.03. The molecule has 0 fully saturated rings. The molecule has 3 rings (SSSR count). The molecule has 0 atom stereocenters. The Balaban J connectivity index is 1.85. The maximum absolute atomic E-state index is 13.5. The van der Waals surface area contributed by atoms with Crippen molar-refractivity contribution >= 4 is 15.8 Å². The first kappa shape index (κ1) is 17.9. The monoisotopic (exact) mass is 379 g/mol. The lowest BCUT2D eigenvalue weighted by atomic mass is 10.2. The van der Waals surface area contributed by atoms with Crippen molar-refractivity contribution in [2.24, 2.45) is 0 Å². The normalized spacial score (nSPS) is 11.3. The molecule has 0 aliphatic rings. The largest absolute Gasteiger partial charge is 0.494 e. The highest BCUT2D eigenvalue weighted by molar-refractivity contribution is 7.92. The molecule has 136 valence electrons. The minimum absolute atomic E-state index is 0.148. The first-order chi connectivity index (χ1) is 12.4. The number of aromatic nitrogens is 2. The van der Waals surface area contributed by atoms with Gasteiger partial charge in [-0.3, -0.25) is 4.72 Å². The van der Waals surface area contributed by atoms with E-state index in [1.165, 1.54) is 36.2 Å². The molecule has 1 heterocycles. The fourth-order valence-corrected chi connectivity index (χ4v) is 3.39. The highest BCUT2D eigenvalue weighted by atomic mass is 32.2. The topological polar surface area (TPSA) is 73.2 Å². The van der Waals surface area contributed by atoms with Crippen molar-refractivity contribution in [3.05, 3.63) is 71.9 Å². The zero-order valence-electron chi connectivity index (χ0n) is 13.7. The Labute approximate surface area is 149 Å². The van der Waals surface area contributed by atoms with Crippen LogP contribution in [0.5, 0.6) is 5.75 Å². The van der Waals surface area contributed by atoms with E-state index in [4.69, 9.17) is 4.74 Å². The van der Waals surface area contributed by atoms with E-state index in [0.717, 1.165) is 23.8 Å². The fraction of sp³-hybridized carbons (Fsp3) is 0.118. The van der Waals surface area contributed by atoms with Crippen LogP contribution >= 0.6 is 0 Å². The van der Waals surface area contributed by atoms with Crippen LogP contribution < -0.4 is 9.46 Å². The third-order valence-corrected chi connectivity index (χ3v) is 4.99. The van der Waals surface area contributed by atoms with Crippen molar-refractivity contribution in [2.45, 2.75) is 11.4 Å². The molecule has 0 unspecified atom stereocenters. The van der Waals surface area contributed by atoms with E-state index >= 15 is 0 Å². The van der Waals surface area contributed by atoms with Gasteiger partial charge in [0.15, 0.2) is 11.6 Å². The predicted octanol–water partition coefficient (Wildman–Crippen LogP) is 3.02. The lowest BCUT2D eigenvalue weighted by Gasteiger charge is -2.12. The van der Waals surface area contributed by atoms with Gasteiger partial charge >= 0.3 is 0 Å². The molecule has 0 aliphatic heterocycles. The molecule has 1 N–H and O–H groups in total. The highest BCUT2D eigenvalue weighted by Crippen LogP contribution is 2.23. The van der Waals surface area contributed by atoms with Gasteiger partial charge in [-0.05, 0) is 29.8 Å². The summed E-state index contributed by atoms with van der Waals surface area (Å²) >= 11 is 0. The Bertz CT molecular complexity index is 1020. The summed E-state index contributed by atoms with van der Waals surface area (Å²) in [5.41, 5.74) is 0.749. The van der Waals surface area contributed by atoms with Gasteiger partial charge in [-0.25, -0.2) is 21.9 Å². The summed E-state index contributed by atoms with van der Waals surface area (Å²) in [4.78, 5) is -0.148. The van der Waals surface area contributed by atoms with Crippen molar-refractivity contribution in [2.75, 3.05) is 11.8 Å². The van der Waals surface area contributed by atoms with Gasteiger partial charge in [0.1, 0.15) is 11.6 Å². The van der Waals surface area contributed by atoms with Gasteiger partial charge in [-0.2, -0.15) is 5.10 Å². The molecule has 6 nitrogen and oxygen atoms in total. The zero-order chi connectivity index (χ0) is 18.7. The highest BCUT2D eigenvalue weighted by Gasteiger charge is 2.19. The number of hydrogen-bond acceptors (Lipinski definition) is 4. The van der Waals surface area contributed by atoms with Crippen molar-refractivity contribution in [3.8, 4) is 5.75 Å². The molecule has 2 aromatic carbocycles. The quantitative estimate of drug-likeness (QED) is 0.715. The molecular weight excluding hydrogens is 364 g/mol. The van der Waals surface area contributed by atoms with Crippen molar-refractivity contribution in [3.63, 3.8) is 0 Å². The lowest BCUT2D eigenvalue weighted by molar-refractivity contribution is 0.385. The van der Waals surface area contributed by atoms with Crippen molar-refractivity contribution in [1.82, 2.24) is 9.78 Å². The molecule has 0 saturated heterocycles. The summed E-state index contributed by atoms with van der Waals surface area (Å²) in [6, 6.07) is 10.5. The first-order valence-electron chi connectivity index (χ1n) is 7.51. The molecule has 26 heavy (non-hydrogen) atoms. The van der Waals surface area contributed by atoms with Gasteiger partial charge in [-0.15, -0.1) is 0 Å². The van der Waals surface area contributed by atoms with Crippen LogP contribution in [-0.2, 0) is 16.6 Å². The Morgan fingerprint density at radius 2 is 1.85 bits per heavy atom. The summed E-state index contributed by atoms with van der Waals surface area (Å²) < 4.78 is 60.2. The van der Waals surface area contributed by atoms with E-state index in [9.17, 15) is 17.2 Å². The standard InChI is InChI=1S/C17H15F2N3O3S/c1-25-16-10-14(6-7-15(16)19)26(23,24)21-17-8-9-20-22(17)11-12-2-4-13(18)5-3-12/h2-10,21H,11H2,1H3. The SMILES string of the molecule is COc1cc(S(=O)(=O)Nc2ccnn2Cc2ccc(F)cc2)ccc1F. The molecule has 0 bridgehead atoms. The summed E-state index contributed by atoms with van der Waals surface area (Å²) in [6.45, 7) is 0.248. The van der Waals surface area contributed by atoms with E-state index in [2.05, 4.69) is 9.82 Å². The summed E-state index contributed by atoms with van der Waals surface area (Å²) in [7, 11) is -2.72. The van der Waals surface area contributed by atoms with Crippen LogP contribution in [-0.4, -0.2) is 25.3 Å². The van der Waals surface area contributed by atoms with Gasteiger partial charge in [0, 0.05) is 12.1 Å². The molecule has 0 aliphatic carbocycles. The van der Waals surface area contributed by atoms with Crippen LogP contribution in [0.2, 0.25) is 0 Å². The minimum atomic E-state index is -3.97. The Kier molecular flexibility index (Phi) is 4.90. The number of methoxy groups -OCH3 is 1. The molecular formula is C17H15F2N3O3S. The molecule has 1 aromatic heterocycles. The molecule has 0 saturated carbocycles. The smallest absolute Gasteiger partial charge is 0.263 e. The number of sulfonamides is 1. The van der Waals surface area contributed by atoms with Crippen LogP contribution in [0.15, 0.2) is 59.6 Å². The fourth-order valence-electron chi connectivity index (χ4n) is 2.31. The average molecular weight is 379 g/mol. The lowest BCUT2D eigenvalue weighted by Crippen LogP contribution is -2.17. The number of nitrogens with zero attached hydrogens (tertiary/aromatic N) is 2. The molecule has 0 radical (unpaired) electrons. The van der Waals surface area contributed by atoms with Gasteiger partial charge in [0.25, 0.3) is 10.0 Å².